The van der Waals surface area contributed by atoms with Crippen LogP contribution < -0.4 is 0 Å². The number of fused-ring (bicyclic) bond motifs is 26. The van der Waals surface area contributed by atoms with Crippen LogP contribution in [-0.2, 0) is 21.7 Å². The van der Waals surface area contributed by atoms with Gasteiger partial charge in [0.15, 0.2) is 0 Å². The van der Waals surface area contributed by atoms with Crippen LogP contribution in [0.4, 0.5) is 0 Å². The van der Waals surface area contributed by atoms with Gasteiger partial charge in [-0.1, -0.05) is 425 Å². The van der Waals surface area contributed by atoms with Gasteiger partial charge in [0.2, 0.25) is 0 Å². The Labute approximate surface area is 825 Å². The van der Waals surface area contributed by atoms with Gasteiger partial charge in [0.1, 0.15) is 0 Å². The topological polar surface area (TPSA) is 19.7 Å². The lowest BCUT2D eigenvalue weighted by Crippen LogP contribution is -2.23. The van der Waals surface area contributed by atoms with E-state index in [9.17, 15) is 0 Å². The summed E-state index contributed by atoms with van der Waals surface area (Å²) in [6.07, 6.45) is 0. The molecule has 4 heteroatoms. The van der Waals surface area contributed by atoms with E-state index in [-0.39, 0.29) is 21.7 Å². The van der Waals surface area contributed by atoms with Crippen molar-refractivity contribution in [3.8, 4) is 78.4 Å². The summed E-state index contributed by atoms with van der Waals surface area (Å²) in [7, 11) is 0. The molecular formula is C138H100N4. The van der Waals surface area contributed by atoms with Gasteiger partial charge in [-0.15, -0.1) is 0 Å². The maximum atomic E-state index is 2.48. The summed E-state index contributed by atoms with van der Waals surface area (Å²) in [4.78, 5) is 0. The molecular weight excluding hydrogens is 1710 g/mol. The van der Waals surface area contributed by atoms with Crippen LogP contribution in [0.25, 0.3) is 230 Å². The Morgan fingerprint density at radius 2 is 0.408 bits per heavy atom. The normalized spacial score (nSPS) is 14.0. The Kier molecular flexibility index (Phi) is 18.2. The molecule has 0 N–H and O–H groups in total. The maximum Gasteiger partial charge on any atom is 0.0554 e. The van der Waals surface area contributed by atoms with Crippen molar-refractivity contribution in [2.75, 3.05) is 0 Å². The van der Waals surface area contributed by atoms with Crippen LogP contribution in [0.1, 0.15) is 99.9 Å². The largest absolute Gasteiger partial charge is 0.309 e. The van der Waals surface area contributed by atoms with Crippen molar-refractivity contribution >= 4 is 152 Å². The van der Waals surface area contributed by atoms with Gasteiger partial charge in [-0.05, 0) is 228 Å². The van der Waals surface area contributed by atoms with E-state index in [1.165, 1.54) is 275 Å². The molecule has 0 saturated carbocycles. The van der Waals surface area contributed by atoms with Gasteiger partial charge >= 0.3 is 0 Å². The average molecular weight is 1810 g/mol. The summed E-state index contributed by atoms with van der Waals surface area (Å²) < 4.78 is 9.82. The molecule has 0 saturated heterocycles. The lowest BCUT2D eigenvalue weighted by molar-refractivity contribution is 0.645. The summed E-state index contributed by atoms with van der Waals surface area (Å²) in [5.41, 5.74) is 39.4. The van der Waals surface area contributed by atoms with Gasteiger partial charge in [-0.25, -0.2) is 0 Å². The lowest BCUT2D eigenvalue weighted by Gasteiger charge is -2.35. The second-order valence-corrected chi connectivity index (χ2v) is 41.6. The minimum absolute atomic E-state index is 0.0332. The number of rotatable bonds is 5. The third kappa shape index (κ3) is 12.0. The van der Waals surface area contributed by atoms with Crippen molar-refractivity contribution in [1.82, 2.24) is 18.3 Å². The van der Waals surface area contributed by atoms with Gasteiger partial charge in [0, 0.05) is 109 Å². The molecule has 0 radical (unpaired) electrons. The third-order valence-electron chi connectivity index (χ3n) is 32.6. The number of benzene rings is 23. The monoisotopic (exact) mass is 1810 g/mol. The fraction of sp³-hybridized carbons (Fsp3) is 0.0870. The van der Waals surface area contributed by atoms with E-state index in [0.29, 0.717) is 0 Å². The molecule has 0 bridgehead atoms. The first-order valence-electron chi connectivity index (χ1n) is 50.1. The molecule has 0 unspecified atom stereocenters. The summed E-state index contributed by atoms with van der Waals surface area (Å²) in [6.45, 7) is 18.9. The zero-order valence-electron chi connectivity index (χ0n) is 80.7. The van der Waals surface area contributed by atoms with Crippen molar-refractivity contribution in [3.63, 3.8) is 0 Å². The first-order valence-corrected chi connectivity index (χ1v) is 50.1. The first kappa shape index (κ1) is 83.0. The highest BCUT2D eigenvalue weighted by atomic mass is 15.0. The molecule has 0 fully saturated rings. The second kappa shape index (κ2) is 31.2. The van der Waals surface area contributed by atoms with Crippen LogP contribution in [0, 0.1) is 0 Å². The SMILES string of the molecule is CC1(C)c2ccccc2-c2c3c1cccc3cc1c2c2ccccc2n1-c1ccc(-c2ccccc2)cc1.CC1(C)c2ccccc2-c2c3c1cccc3cc1c2c2ccccc2n1-c1ccc2ccccc2c1.CC1(C)c2ccccc2-c2c3c1cccc3cc1c2c2ccccc2n1-c1cccc2ccccc12.CC1(C)c2ccccc2-c2c3c1cccc3cc1c2c2ccccc2n1-c1ccccc1. The number of para-hydroxylation sites is 5. The number of hydrogen-bond donors (Lipinski definition) is 0. The third-order valence-corrected chi connectivity index (χ3v) is 32.6. The Morgan fingerprint density at radius 1 is 0.148 bits per heavy atom. The minimum Gasteiger partial charge on any atom is -0.309 e. The molecule has 4 heterocycles. The number of nitrogens with zero attached hydrogens (tertiary/aromatic N) is 4. The van der Waals surface area contributed by atoms with Crippen LogP contribution in [0.3, 0.4) is 0 Å². The van der Waals surface area contributed by atoms with Crippen LogP contribution in [0.2, 0.25) is 0 Å². The Balaban J connectivity index is 0.0000000926. The lowest BCUT2D eigenvalue weighted by atomic mass is 9.68. The Morgan fingerprint density at radius 3 is 0.803 bits per heavy atom. The van der Waals surface area contributed by atoms with Crippen molar-refractivity contribution in [3.05, 3.63) is 506 Å². The predicted molar refractivity (Wildman–Crippen MR) is 604 cm³/mol. The molecule has 142 heavy (non-hydrogen) atoms. The molecule has 4 nitrogen and oxygen atoms in total. The van der Waals surface area contributed by atoms with E-state index in [1.807, 2.05) is 0 Å². The van der Waals surface area contributed by atoms with Crippen molar-refractivity contribution in [1.29, 1.82) is 0 Å². The van der Waals surface area contributed by atoms with E-state index in [4.69, 9.17) is 0 Å². The molecule has 23 aromatic carbocycles. The van der Waals surface area contributed by atoms with Crippen LogP contribution >= 0.6 is 0 Å². The quantitative estimate of drug-likeness (QED) is 0.164. The highest BCUT2D eigenvalue weighted by molar-refractivity contribution is 6.30. The molecule has 0 aliphatic heterocycles. The second-order valence-electron chi connectivity index (χ2n) is 41.6. The Bertz CT molecular complexity index is 10000. The van der Waals surface area contributed by atoms with E-state index >= 15 is 0 Å². The smallest absolute Gasteiger partial charge is 0.0554 e. The molecule has 4 aliphatic rings. The van der Waals surface area contributed by atoms with E-state index < -0.39 is 0 Å². The summed E-state index contributed by atoms with van der Waals surface area (Å²) >= 11 is 0. The summed E-state index contributed by atoms with van der Waals surface area (Å²) in [5.74, 6) is 0. The molecule has 27 aromatic rings. The standard InChI is InChI=1S/C37H27N.2C35H25N.C31H23N/c1-37(2)30-16-8-6-14-28(30)36-34-26(13-10-17-31(34)37)23-33-35(36)29-15-7-9-18-32(29)38(33)27-21-19-25(20-22-27)24-11-4-3-5-12-24;1-35(2)27-17-7-5-15-25(27)34-32-23(13-9-18-28(32)35)21-31-33(34)26-16-6-8-19-30(26)36(31)29-20-10-12-22-11-3-4-14-24(22)29;1-35(2)28-15-7-5-13-26(28)34-32-24(12-9-16-29(32)35)21-31-33(34)27-14-6-8-17-30(27)36(31)25-19-18-22-10-3-4-11-23(22)20-25;1-31(2)24-16-8-6-14-22(24)30-28-20(11-10-17-25(28)31)19-27-29(30)23-15-7-9-18-26(23)32(27)21-12-4-3-5-13-21/h3-23H,1-2H3;2*3-21H,1-2H3;3-19H,1-2H3. The fourth-order valence-electron chi connectivity index (χ4n) is 26.2. The van der Waals surface area contributed by atoms with Gasteiger partial charge in [0.25, 0.3) is 0 Å². The average Bonchev–Trinajstić information content (AvgIpc) is 1.46. The van der Waals surface area contributed by atoms with Gasteiger partial charge in [-0.2, -0.15) is 0 Å². The van der Waals surface area contributed by atoms with Crippen molar-refractivity contribution < 1.29 is 0 Å². The fourth-order valence-corrected chi connectivity index (χ4v) is 26.2. The van der Waals surface area contributed by atoms with Gasteiger partial charge in [0.05, 0.1) is 49.8 Å². The number of aromatic nitrogens is 4. The van der Waals surface area contributed by atoms with Crippen LogP contribution in [-0.4, -0.2) is 18.3 Å². The molecule has 31 rings (SSSR count). The van der Waals surface area contributed by atoms with Gasteiger partial charge in [-0.3, -0.25) is 0 Å². The molecule has 4 aliphatic carbocycles. The molecule has 4 aromatic heterocycles. The number of hydrogen-bond acceptors (Lipinski definition) is 0. The van der Waals surface area contributed by atoms with Crippen LogP contribution in [0.5, 0.6) is 0 Å². The van der Waals surface area contributed by atoms with E-state index in [0.717, 1.165) is 0 Å². The maximum absolute atomic E-state index is 2.48. The summed E-state index contributed by atoms with van der Waals surface area (Å²) in [6, 6.07) is 170. The van der Waals surface area contributed by atoms with Crippen LogP contribution in [0.15, 0.2) is 461 Å². The van der Waals surface area contributed by atoms with Crippen molar-refractivity contribution in [2.24, 2.45) is 0 Å². The summed E-state index contributed by atoms with van der Waals surface area (Å²) in [5, 5.41) is 26.5. The minimum atomic E-state index is -0.0532. The zero-order valence-corrected chi connectivity index (χ0v) is 80.7. The highest BCUT2D eigenvalue weighted by Gasteiger charge is 2.41. The predicted octanol–water partition coefficient (Wildman–Crippen LogP) is 36.9. The van der Waals surface area contributed by atoms with Gasteiger partial charge < -0.3 is 18.3 Å². The van der Waals surface area contributed by atoms with E-state index in [2.05, 4.69) is 535 Å². The zero-order chi connectivity index (χ0) is 94.9. The highest BCUT2D eigenvalue weighted by Crippen LogP contribution is 2.60. The van der Waals surface area contributed by atoms with E-state index in [1.54, 1.807) is 0 Å². The molecule has 0 amide bonds. The first-order chi connectivity index (χ1) is 69.6. The molecule has 0 spiro atoms. The Hall–Kier alpha value is -17.2. The van der Waals surface area contributed by atoms with Crippen molar-refractivity contribution in [2.45, 2.75) is 77.0 Å². The molecule has 0 atom stereocenters. The molecule has 672 valence electrons.